The van der Waals surface area contributed by atoms with Crippen LogP contribution in [0.5, 0.6) is 11.5 Å². The van der Waals surface area contributed by atoms with Gasteiger partial charge < -0.3 is 14.8 Å². The Morgan fingerprint density at radius 3 is 2.00 bits per heavy atom. The number of nitrogens with one attached hydrogen (secondary N) is 1. The minimum atomic E-state index is -3.52. The predicted octanol–water partition coefficient (Wildman–Crippen LogP) is 4.28. The Labute approximate surface area is 185 Å². The van der Waals surface area contributed by atoms with E-state index >= 15 is 0 Å². The summed E-state index contributed by atoms with van der Waals surface area (Å²) >= 11 is 3.37. The van der Waals surface area contributed by atoms with Gasteiger partial charge in [-0.3, -0.25) is 4.79 Å². The van der Waals surface area contributed by atoms with Crippen molar-refractivity contribution in [3.05, 3.63) is 46.4 Å². The van der Waals surface area contributed by atoms with Gasteiger partial charge in [-0.1, -0.05) is 12.8 Å². The monoisotopic (exact) mass is 496 g/mol. The summed E-state index contributed by atoms with van der Waals surface area (Å²) in [5, 5.41) is 2.77. The van der Waals surface area contributed by atoms with Crippen LogP contribution in [0.15, 0.2) is 45.8 Å². The summed E-state index contributed by atoms with van der Waals surface area (Å²) in [6.07, 6.45) is 3.88. The molecule has 1 amide bonds. The minimum absolute atomic E-state index is 0.231. The highest BCUT2D eigenvalue weighted by atomic mass is 79.9. The molecule has 2 aromatic rings. The van der Waals surface area contributed by atoms with Crippen molar-refractivity contribution in [2.45, 2.75) is 30.6 Å². The third-order valence-corrected chi connectivity index (χ3v) is 7.72. The van der Waals surface area contributed by atoms with Gasteiger partial charge in [-0.05, 0) is 65.2 Å². The molecule has 0 radical (unpaired) electrons. The molecule has 0 unspecified atom stereocenters. The summed E-state index contributed by atoms with van der Waals surface area (Å²) in [5.74, 6) is 0.582. The van der Waals surface area contributed by atoms with Crippen molar-refractivity contribution in [2.75, 3.05) is 32.6 Å². The summed E-state index contributed by atoms with van der Waals surface area (Å²) in [7, 11) is -0.514. The van der Waals surface area contributed by atoms with Gasteiger partial charge in [0.1, 0.15) is 16.0 Å². The highest BCUT2D eigenvalue weighted by Crippen LogP contribution is 2.35. The lowest BCUT2D eigenvalue weighted by Gasteiger charge is -2.20. The van der Waals surface area contributed by atoms with E-state index in [9.17, 15) is 13.2 Å². The lowest BCUT2D eigenvalue weighted by Crippen LogP contribution is -2.31. The maximum absolute atomic E-state index is 12.9. The molecule has 0 aromatic heterocycles. The molecule has 7 nitrogen and oxygen atoms in total. The Bertz CT molecular complexity index is 976. The molecule has 2 aromatic carbocycles. The number of hydrogen-bond acceptors (Lipinski definition) is 5. The molecule has 0 spiro atoms. The maximum Gasteiger partial charge on any atom is 0.255 e. The van der Waals surface area contributed by atoms with Gasteiger partial charge >= 0.3 is 0 Å². The minimum Gasteiger partial charge on any atom is -0.495 e. The number of halogens is 1. The number of rotatable bonds is 6. The summed E-state index contributed by atoms with van der Waals surface area (Å²) < 4.78 is 38.5. The predicted molar refractivity (Wildman–Crippen MR) is 119 cm³/mol. The van der Waals surface area contributed by atoms with Crippen LogP contribution in [0, 0.1) is 0 Å². The molecule has 1 saturated heterocycles. The fourth-order valence-corrected chi connectivity index (χ4v) is 5.41. The first-order valence-corrected chi connectivity index (χ1v) is 11.9. The van der Waals surface area contributed by atoms with Crippen LogP contribution in [0.2, 0.25) is 0 Å². The van der Waals surface area contributed by atoms with E-state index in [1.165, 1.54) is 26.4 Å². The summed E-state index contributed by atoms with van der Waals surface area (Å²) in [4.78, 5) is 12.9. The van der Waals surface area contributed by atoms with Crippen LogP contribution in [-0.4, -0.2) is 45.9 Å². The van der Waals surface area contributed by atoms with Gasteiger partial charge in [-0.25, -0.2) is 8.42 Å². The molecule has 9 heteroatoms. The van der Waals surface area contributed by atoms with Gasteiger partial charge in [0.25, 0.3) is 5.91 Å². The first-order valence-electron chi connectivity index (χ1n) is 9.70. The average molecular weight is 497 g/mol. The zero-order valence-corrected chi connectivity index (χ0v) is 19.4. The largest absolute Gasteiger partial charge is 0.495 e. The Kier molecular flexibility index (Phi) is 7.38. The van der Waals surface area contributed by atoms with E-state index in [1.54, 1.807) is 28.6 Å². The van der Waals surface area contributed by atoms with Crippen LogP contribution in [0.1, 0.15) is 36.0 Å². The Balaban J connectivity index is 1.76. The third-order valence-electron chi connectivity index (χ3n) is 5.02. The van der Waals surface area contributed by atoms with Gasteiger partial charge in [0.05, 0.1) is 19.1 Å². The maximum atomic E-state index is 12.9. The van der Waals surface area contributed by atoms with Crippen LogP contribution in [0.25, 0.3) is 0 Å². The van der Waals surface area contributed by atoms with E-state index in [0.29, 0.717) is 40.3 Å². The number of nitrogens with zero attached hydrogens (tertiary/aromatic N) is 1. The van der Waals surface area contributed by atoms with Crippen LogP contribution in [0.4, 0.5) is 5.69 Å². The van der Waals surface area contributed by atoms with Gasteiger partial charge in [0.2, 0.25) is 10.0 Å². The van der Waals surface area contributed by atoms with Crippen LogP contribution < -0.4 is 14.8 Å². The highest BCUT2D eigenvalue weighted by Gasteiger charge is 2.25. The molecule has 0 atom stereocenters. The fraction of sp³-hybridized carbons (Fsp3) is 0.381. The zero-order valence-electron chi connectivity index (χ0n) is 17.0. The number of amides is 1. The lowest BCUT2D eigenvalue weighted by molar-refractivity contribution is 0.102. The molecule has 1 aliphatic heterocycles. The normalized spacial score (nSPS) is 15.3. The summed E-state index contributed by atoms with van der Waals surface area (Å²) in [6, 6.07) is 9.43. The lowest BCUT2D eigenvalue weighted by atomic mass is 10.1. The molecule has 162 valence electrons. The standard InChI is InChI=1S/C21H25BrN2O5S/c1-28-18-13-15(14-19(29-2)20(18)22)21(25)23-16-7-9-17(10-8-16)30(26,27)24-11-5-3-4-6-12-24/h7-10,13-14H,3-6,11-12H2,1-2H3,(H,23,25). The topological polar surface area (TPSA) is 84.9 Å². The van der Waals surface area contributed by atoms with Crippen molar-refractivity contribution in [1.82, 2.24) is 4.31 Å². The zero-order chi connectivity index (χ0) is 21.7. The van der Waals surface area contributed by atoms with E-state index in [1.807, 2.05) is 0 Å². The molecule has 1 aliphatic rings. The van der Waals surface area contributed by atoms with E-state index in [4.69, 9.17) is 9.47 Å². The Hall–Kier alpha value is -2.10. The molecule has 0 saturated carbocycles. The molecule has 0 bridgehead atoms. The van der Waals surface area contributed by atoms with Crippen molar-refractivity contribution in [3.8, 4) is 11.5 Å². The molecule has 1 heterocycles. The first-order chi connectivity index (χ1) is 14.4. The number of anilines is 1. The van der Waals surface area contributed by atoms with Crippen molar-refractivity contribution >= 4 is 37.5 Å². The molecule has 30 heavy (non-hydrogen) atoms. The van der Waals surface area contributed by atoms with Crippen molar-refractivity contribution in [2.24, 2.45) is 0 Å². The second kappa shape index (κ2) is 9.80. The fourth-order valence-electron chi connectivity index (χ4n) is 3.35. The number of hydrogen-bond donors (Lipinski definition) is 1. The highest BCUT2D eigenvalue weighted by molar-refractivity contribution is 9.10. The van der Waals surface area contributed by atoms with E-state index in [-0.39, 0.29) is 10.8 Å². The molecule has 3 rings (SSSR count). The third kappa shape index (κ3) is 4.96. The van der Waals surface area contributed by atoms with Gasteiger partial charge in [0, 0.05) is 24.3 Å². The summed E-state index contributed by atoms with van der Waals surface area (Å²) in [6.45, 7) is 1.10. The van der Waals surface area contributed by atoms with Gasteiger partial charge in [0.15, 0.2) is 0 Å². The average Bonchev–Trinajstić information content (AvgIpc) is 3.04. The number of carbonyl (C=O) groups excluding carboxylic acids is 1. The van der Waals surface area contributed by atoms with E-state index < -0.39 is 10.0 Å². The first kappa shape index (κ1) is 22.6. The van der Waals surface area contributed by atoms with Crippen LogP contribution in [-0.2, 0) is 10.0 Å². The molecule has 1 N–H and O–H groups in total. The van der Waals surface area contributed by atoms with E-state index in [2.05, 4.69) is 21.2 Å². The molecular weight excluding hydrogens is 472 g/mol. The smallest absolute Gasteiger partial charge is 0.255 e. The van der Waals surface area contributed by atoms with Crippen LogP contribution in [0.3, 0.4) is 0 Å². The molecule has 1 fully saturated rings. The van der Waals surface area contributed by atoms with Crippen molar-refractivity contribution in [1.29, 1.82) is 0 Å². The van der Waals surface area contributed by atoms with Gasteiger partial charge in [-0.15, -0.1) is 0 Å². The SMILES string of the molecule is COc1cc(C(=O)Nc2ccc(S(=O)(=O)N3CCCCCC3)cc2)cc(OC)c1Br. The number of methoxy groups -OCH3 is 2. The van der Waals surface area contributed by atoms with E-state index in [0.717, 1.165) is 25.7 Å². The second-order valence-corrected chi connectivity index (χ2v) is 9.72. The molecule has 0 aliphatic carbocycles. The molecular formula is C21H25BrN2O5S. The van der Waals surface area contributed by atoms with Crippen molar-refractivity contribution < 1.29 is 22.7 Å². The Morgan fingerprint density at radius 1 is 0.967 bits per heavy atom. The number of sulfonamides is 1. The van der Waals surface area contributed by atoms with Crippen LogP contribution >= 0.6 is 15.9 Å². The second-order valence-electron chi connectivity index (χ2n) is 6.99. The quantitative estimate of drug-likeness (QED) is 0.644. The number of ether oxygens (including phenoxy) is 2. The summed E-state index contributed by atoms with van der Waals surface area (Å²) in [5.41, 5.74) is 0.851. The Morgan fingerprint density at radius 2 is 1.50 bits per heavy atom. The van der Waals surface area contributed by atoms with Gasteiger partial charge in [-0.2, -0.15) is 4.31 Å². The number of carbonyl (C=O) groups is 1. The van der Waals surface area contributed by atoms with Crippen molar-refractivity contribution in [3.63, 3.8) is 0 Å². The number of benzene rings is 2.